The van der Waals surface area contributed by atoms with E-state index >= 15 is 0 Å². The van der Waals surface area contributed by atoms with Crippen LogP contribution in [0.1, 0.15) is 5.56 Å². The van der Waals surface area contributed by atoms with E-state index in [4.69, 9.17) is 15.0 Å². The third-order valence-electron chi connectivity index (χ3n) is 9.50. The predicted octanol–water partition coefficient (Wildman–Crippen LogP) is 12.3. The third kappa shape index (κ3) is 5.92. The molecule has 9 rings (SSSR count). The summed E-state index contributed by atoms with van der Waals surface area (Å²) in [7, 11) is 0. The summed E-state index contributed by atoms with van der Waals surface area (Å²) in [5, 5.41) is 2.08. The van der Waals surface area contributed by atoms with E-state index in [1.165, 1.54) is 12.1 Å². The number of hydrogen-bond donors (Lipinski definition) is 0. The Morgan fingerprint density at radius 2 is 0.925 bits per heavy atom. The van der Waals surface area contributed by atoms with Crippen LogP contribution in [0.3, 0.4) is 0 Å². The summed E-state index contributed by atoms with van der Waals surface area (Å²) in [4.78, 5) is 14.6. The summed E-state index contributed by atoms with van der Waals surface area (Å²) < 4.78 is 46.4. The van der Waals surface area contributed by atoms with Crippen molar-refractivity contribution >= 4 is 21.8 Å². The van der Waals surface area contributed by atoms with Crippen LogP contribution in [0, 0.1) is 0 Å². The SMILES string of the molecule is FC(F)(F)c1ccccc1-c1cc(-n2c3ccccc3c3cc(-c4ccccc4)ccc32)ccc1-c1nc(-c2ccccc2)nc(-c2ccccc2)n1. The van der Waals surface area contributed by atoms with E-state index < -0.39 is 11.7 Å². The lowest BCUT2D eigenvalue weighted by Gasteiger charge is -2.18. The Balaban J connectivity index is 1.31. The standard InChI is InChI=1S/C46H29F3N4/c47-46(48,49)40-22-12-10-20-35(40)38-29-34(53-41-23-13-11-21-36(41)39-28-33(24-27-42(39)53)30-14-4-1-5-15-30)25-26-37(38)45-51-43(31-16-6-2-7-17-31)50-44(52-45)32-18-8-3-9-19-32/h1-29H. The van der Waals surface area contributed by atoms with Gasteiger partial charge in [-0.15, -0.1) is 0 Å². The first-order chi connectivity index (χ1) is 25.9. The van der Waals surface area contributed by atoms with Crippen molar-refractivity contribution in [3.63, 3.8) is 0 Å². The van der Waals surface area contributed by atoms with Crippen molar-refractivity contribution in [1.29, 1.82) is 0 Å². The van der Waals surface area contributed by atoms with Crippen molar-refractivity contribution in [3.8, 4) is 62.1 Å². The molecule has 0 unspecified atom stereocenters. The molecule has 0 N–H and O–H groups in total. The molecule has 2 aromatic heterocycles. The molecule has 53 heavy (non-hydrogen) atoms. The summed E-state index contributed by atoms with van der Waals surface area (Å²) in [6.45, 7) is 0. The Hall–Kier alpha value is -6.86. The van der Waals surface area contributed by atoms with Gasteiger partial charge in [-0.05, 0) is 64.7 Å². The number of rotatable bonds is 6. The van der Waals surface area contributed by atoms with E-state index in [1.54, 1.807) is 6.07 Å². The Morgan fingerprint density at radius 1 is 0.377 bits per heavy atom. The smallest absolute Gasteiger partial charge is 0.309 e. The molecule has 0 saturated carbocycles. The molecule has 4 nitrogen and oxygen atoms in total. The maximum absolute atomic E-state index is 14.8. The molecular weight excluding hydrogens is 666 g/mol. The number of halogens is 3. The molecule has 2 heterocycles. The average Bonchev–Trinajstić information content (AvgIpc) is 3.55. The van der Waals surface area contributed by atoms with Gasteiger partial charge in [-0.2, -0.15) is 13.2 Å². The fourth-order valence-electron chi connectivity index (χ4n) is 7.04. The Labute approximate surface area is 303 Å². The first-order valence-corrected chi connectivity index (χ1v) is 17.2. The molecule has 254 valence electrons. The van der Waals surface area contributed by atoms with Gasteiger partial charge >= 0.3 is 6.18 Å². The maximum Gasteiger partial charge on any atom is 0.417 e. The second kappa shape index (κ2) is 13.0. The first kappa shape index (κ1) is 32.1. The molecule has 7 aromatic carbocycles. The van der Waals surface area contributed by atoms with Gasteiger partial charge in [-0.1, -0.05) is 133 Å². The predicted molar refractivity (Wildman–Crippen MR) is 206 cm³/mol. The highest BCUT2D eigenvalue weighted by Gasteiger charge is 2.34. The molecule has 9 aromatic rings. The van der Waals surface area contributed by atoms with Crippen LogP contribution in [0.25, 0.3) is 83.9 Å². The zero-order chi connectivity index (χ0) is 35.9. The number of aromatic nitrogens is 4. The molecule has 0 aliphatic heterocycles. The zero-order valence-electron chi connectivity index (χ0n) is 28.2. The van der Waals surface area contributed by atoms with Crippen LogP contribution >= 0.6 is 0 Å². The summed E-state index contributed by atoms with van der Waals surface area (Å²) in [5.74, 6) is 1.11. The largest absolute Gasteiger partial charge is 0.417 e. The molecule has 0 bridgehead atoms. The average molecular weight is 695 g/mol. The molecule has 0 amide bonds. The Morgan fingerprint density at radius 3 is 1.58 bits per heavy atom. The lowest BCUT2D eigenvalue weighted by molar-refractivity contribution is -0.137. The van der Waals surface area contributed by atoms with Crippen molar-refractivity contribution in [3.05, 3.63) is 181 Å². The van der Waals surface area contributed by atoms with E-state index in [9.17, 15) is 13.2 Å². The molecule has 0 atom stereocenters. The second-order valence-electron chi connectivity index (χ2n) is 12.8. The van der Waals surface area contributed by atoms with E-state index in [2.05, 4.69) is 41.0 Å². The van der Waals surface area contributed by atoms with Crippen LogP contribution < -0.4 is 0 Å². The van der Waals surface area contributed by atoms with Crippen LogP contribution in [0.5, 0.6) is 0 Å². The molecule has 0 radical (unpaired) electrons. The Bertz CT molecular complexity index is 2700. The number of fused-ring (bicyclic) bond motifs is 3. The van der Waals surface area contributed by atoms with E-state index in [-0.39, 0.29) is 11.4 Å². The third-order valence-corrected chi connectivity index (χ3v) is 9.50. The number of para-hydroxylation sites is 1. The molecule has 0 fully saturated rings. The van der Waals surface area contributed by atoms with Crippen molar-refractivity contribution in [2.24, 2.45) is 0 Å². The van der Waals surface area contributed by atoms with Crippen LogP contribution in [0.15, 0.2) is 176 Å². The number of nitrogens with zero attached hydrogens (tertiary/aromatic N) is 4. The van der Waals surface area contributed by atoms with Gasteiger partial charge < -0.3 is 4.57 Å². The van der Waals surface area contributed by atoms with Crippen LogP contribution in [-0.2, 0) is 6.18 Å². The summed E-state index contributed by atoms with van der Waals surface area (Å²) in [5.41, 5.74) is 6.39. The normalized spacial score (nSPS) is 11.7. The highest BCUT2D eigenvalue weighted by atomic mass is 19.4. The molecule has 0 spiro atoms. The lowest BCUT2D eigenvalue weighted by atomic mass is 9.93. The van der Waals surface area contributed by atoms with Gasteiger partial charge in [0.15, 0.2) is 17.5 Å². The van der Waals surface area contributed by atoms with Crippen LogP contribution in [0.2, 0.25) is 0 Å². The van der Waals surface area contributed by atoms with Crippen molar-refractivity contribution < 1.29 is 13.2 Å². The van der Waals surface area contributed by atoms with Gasteiger partial charge in [0.2, 0.25) is 0 Å². The van der Waals surface area contributed by atoms with E-state index in [0.29, 0.717) is 28.5 Å². The zero-order valence-corrected chi connectivity index (χ0v) is 28.2. The minimum atomic E-state index is -4.60. The van der Waals surface area contributed by atoms with Gasteiger partial charge in [0.05, 0.1) is 16.6 Å². The second-order valence-corrected chi connectivity index (χ2v) is 12.8. The fourth-order valence-corrected chi connectivity index (χ4v) is 7.04. The van der Waals surface area contributed by atoms with Gasteiger partial charge in [0.1, 0.15) is 0 Å². The first-order valence-electron chi connectivity index (χ1n) is 17.2. The van der Waals surface area contributed by atoms with Crippen molar-refractivity contribution in [2.45, 2.75) is 6.18 Å². The Kier molecular flexibility index (Phi) is 7.89. The van der Waals surface area contributed by atoms with Gasteiger partial charge in [-0.25, -0.2) is 15.0 Å². The highest BCUT2D eigenvalue weighted by molar-refractivity contribution is 6.10. The highest BCUT2D eigenvalue weighted by Crippen LogP contribution is 2.43. The summed E-state index contributed by atoms with van der Waals surface area (Å²) in [6.07, 6.45) is -4.60. The van der Waals surface area contributed by atoms with Crippen LogP contribution in [0.4, 0.5) is 13.2 Å². The molecule has 0 aliphatic carbocycles. The van der Waals surface area contributed by atoms with E-state index in [1.807, 2.05) is 115 Å². The molecular formula is C46H29F3N4. The number of alkyl halides is 3. The maximum atomic E-state index is 14.8. The minimum Gasteiger partial charge on any atom is -0.309 e. The molecule has 0 aliphatic rings. The van der Waals surface area contributed by atoms with Gasteiger partial charge in [0.25, 0.3) is 0 Å². The number of hydrogen-bond acceptors (Lipinski definition) is 3. The number of benzene rings is 7. The minimum absolute atomic E-state index is 0.0342. The van der Waals surface area contributed by atoms with Crippen molar-refractivity contribution in [2.75, 3.05) is 0 Å². The monoisotopic (exact) mass is 694 g/mol. The summed E-state index contributed by atoms with van der Waals surface area (Å²) >= 11 is 0. The van der Waals surface area contributed by atoms with E-state index in [0.717, 1.165) is 50.1 Å². The lowest BCUT2D eigenvalue weighted by Crippen LogP contribution is -2.08. The fraction of sp³-hybridized carbons (Fsp3) is 0.0217. The van der Waals surface area contributed by atoms with Crippen LogP contribution in [-0.4, -0.2) is 19.5 Å². The summed E-state index contributed by atoms with van der Waals surface area (Å²) in [6, 6.07) is 54.9. The van der Waals surface area contributed by atoms with Gasteiger partial charge in [0, 0.05) is 33.2 Å². The topological polar surface area (TPSA) is 43.6 Å². The quantitative estimate of drug-likeness (QED) is 0.174. The van der Waals surface area contributed by atoms with Gasteiger partial charge in [-0.3, -0.25) is 0 Å². The molecule has 7 heteroatoms. The van der Waals surface area contributed by atoms with Crippen molar-refractivity contribution in [1.82, 2.24) is 19.5 Å². The molecule has 0 saturated heterocycles.